The van der Waals surface area contributed by atoms with Crippen molar-refractivity contribution < 1.29 is 0 Å². The fourth-order valence-electron chi connectivity index (χ4n) is 3.37. The first-order chi connectivity index (χ1) is 10.2. The summed E-state index contributed by atoms with van der Waals surface area (Å²) in [6, 6.07) is 9.68. The Labute approximate surface area is 130 Å². The summed E-state index contributed by atoms with van der Waals surface area (Å²) < 4.78 is 0. The van der Waals surface area contributed by atoms with E-state index in [1.54, 1.807) is 0 Å². The van der Waals surface area contributed by atoms with Gasteiger partial charge in [-0.15, -0.1) is 0 Å². The molecule has 1 aliphatic rings. The van der Waals surface area contributed by atoms with Crippen LogP contribution in [0.25, 0.3) is 0 Å². The molecule has 1 N–H and O–H groups in total. The molecule has 21 heavy (non-hydrogen) atoms. The van der Waals surface area contributed by atoms with Crippen LogP contribution in [0.1, 0.15) is 57.1 Å². The summed E-state index contributed by atoms with van der Waals surface area (Å²) in [6.45, 7) is 7.80. The number of nitrogens with one attached hydrogen (secondary N) is 1. The van der Waals surface area contributed by atoms with E-state index in [0.717, 1.165) is 31.6 Å². The average molecular weight is 288 g/mol. The summed E-state index contributed by atoms with van der Waals surface area (Å²) in [5.41, 5.74) is 2.95. The van der Waals surface area contributed by atoms with Crippen LogP contribution < -0.4 is 5.32 Å². The van der Waals surface area contributed by atoms with Crippen molar-refractivity contribution in [3.63, 3.8) is 0 Å². The van der Waals surface area contributed by atoms with Crippen LogP contribution in [0.5, 0.6) is 0 Å². The lowest BCUT2D eigenvalue weighted by atomic mass is 9.86. The molecule has 0 spiro atoms. The first-order valence-electron chi connectivity index (χ1n) is 8.68. The number of hydrogen-bond donors (Lipinski definition) is 1. The van der Waals surface area contributed by atoms with Gasteiger partial charge in [0.05, 0.1) is 0 Å². The summed E-state index contributed by atoms with van der Waals surface area (Å²) >= 11 is 0. The first kappa shape index (κ1) is 16.5. The van der Waals surface area contributed by atoms with Gasteiger partial charge in [-0.3, -0.25) is 4.90 Å². The molecule has 0 amide bonds. The number of rotatable bonds is 7. The van der Waals surface area contributed by atoms with Gasteiger partial charge in [-0.25, -0.2) is 0 Å². The van der Waals surface area contributed by atoms with E-state index >= 15 is 0 Å². The molecule has 0 bridgehead atoms. The monoisotopic (exact) mass is 288 g/mol. The van der Waals surface area contributed by atoms with Crippen molar-refractivity contribution in [2.45, 2.75) is 65.1 Å². The molecule has 0 aromatic heterocycles. The predicted molar refractivity (Wildman–Crippen MR) is 91.3 cm³/mol. The van der Waals surface area contributed by atoms with Gasteiger partial charge < -0.3 is 5.32 Å². The van der Waals surface area contributed by atoms with Crippen molar-refractivity contribution in [2.24, 2.45) is 5.92 Å². The van der Waals surface area contributed by atoms with Crippen LogP contribution in [-0.2, 0) is 13.1 Å². The standard InChI is InChI=1S/C19H32N2/c1-4-13-20-14-17-7-5-6-8-18(17)15-21(3)19-11-9-16(2)10-12-19/h5-8,16,19-20H,4,9-15H2,1-3H3. The fourth-order valence-corrected chi connectivity index (χ4v) is 3.37. The smallest absolute Gasteiger partial charge is 0.0236 e. The van der Waals surface area contributed by atoms with Crippen molar-refractivity contribution >= 4 is 0 Å². The topological polar surface area (TPSA) is 15.3 Å². The van der Waals surface area contributed by atoms with Crippen molar-refractivity contribution in [1.29, 1.82) is 0 Å². The normalized spacial score (nSPS) is 22.7. The zero-order chi connectivity index (χ0) is 15.1. The molecule has 2 rings (SSSR count). The summed E-state index contributed by atoms with van der Waals surface area (Å²) in [5.74, 6) is 0.931. The maximum absolute atomic E-state index is 3.53. The Bertz CT molecular complexity index is 408. The van der Waals surface area contributed by atoms with Gasteiger partial charge >= 0.3 is 0 Å². The molecule has 1 saturated carbocycles. The van der Waals surface area contributed by atoms with E-state index in [0.29, 0.717) is 0 Å². The van der Waals surface area contributed by atoms with Crippen LogP contribution in [0.4, 0.5) is 0 Å². The van der Waals surface area contributed by atoms with Crippen molar-refractivity contribution in [3.05, 3.63) is 35.4 Å². The summed E-state index contributed by atoms with van der Waals surface area (Å²) in [4.78, 5) is 2.57. The molecule has 1 aromatic carbocycles. The lowest BCUT2D eigenvalue weighted by Gasteiger charge is -2.34. The van der Waals surface area contributed by atoms with Gasteiger partial charge in [0.2, 0.25) is 0 Å². The third kappa shape index (κ3) is 5.12. The molecule has 0 atom stereocenters. The quantitative estimate of drug-likeness (QED) is 0.757. The zero-order valence-electron chi connectivity index (χ0n) is 14.1. The molecule has 0 unspecified atom stereocenters. The fraction of sp³-hybridized carbons (Fsp3) is 0.684. The van der Waals surface area contributed by atoms with E-state index in [1.807, 2.05) is 0 Å². The Kier molecular flexibility index (Phi) is 6.72. The second-order valence-electron chi connectivity index (χ2n) is 6.77. The Balaban J connectivity index is 1.92. The highest BCUT2D eigenvalue weighted by atomic mass is 15.1. The largest absolute Gasteiger partial charge is 0.313 e. The van der Waals surface area contributed by atoms with E-state index in [2.05, 4.69) is 55.4 Å². The van der Waals surface area contributed by atoms with E-state index in [-0.39, 0.29) is 0 Å². The van der Waals surface area contributed by atoms with Crippen LogP contribution in [0.15, 0.2) is 24.3 Å². The Morgan fingerprint density at radius 2 is 1.76 bits per heavy atom. The second-order valence-corrected chi connectivity index (χ2v) is 6.77. The first-order valence-corrected chi connectivity index (χ1v) is 8.68. The van der Waals surface area contributed by atoms with Gasteiger partial charge in [0.25, 0.3) is 0 Å². The molecule has 0 heterocycles. The highest BCUT2D eigenvalue weighted by molar-refractivity contribution is 5.27. The lowest BCUT2D eigenvalue weighted by molar-refractivity contribution is 0.163. The molecule has 2 nitrogen and oxygen atoms in total. The van der Waals surface area contributed by atoms with Crippen molar-refractivity contribution in [3.8, 4) is 0 Å². The van der Waals surface area contributed by atoms with E-state index in [9.17, 15) is 0 Å². The van der Waals surface area contributed by atoms with Gasteiger partial charge in [0.15, 0.2) is 0 Å². The Morgan fingerprint density at radius 3 is 2.43 bits per heavy atom. The van der Waals surface area contributed by atoms with Gasteiger partial charge in [-0.1, -0.05) is 38.1 Å². The predicted octanol–water partition coefficient (Wildman–Crippen LogP) is 4.20. The van der Waals surface area contributed by atoms with Crippen molar-refractivity contribution in [1.82, 2.24) is 10.2 Å². The lowest BCUT2D eigenvalue weighted by Crippen LogP contribution is -2.34. The number of hydrogen-bond acceptors (Lipinski definition) is 2. The van der Waals surface area contributed by atoms with Crippen LogP contribution in [0.3, 0.4) is 0 Å². The third-order valence-corrected chi connectivity index (χ3v) is 4.89. The molecule has 1 fully saturated rings. The maximum atomic E-state index is 3.53. The van der Waals surface area contributed by atoms with E-state index in [1.165, 1.54) is 43.2 Å². The van der Waals surface area contributed by atoms with Gasteiger partial charge in [0.1, 0.15) is 0 Å². The highest BCUT2D eigenvalue weighted by Crippen LogP contribution is 2.27. The second kappa shape index (κ2) is 8.55. The van der Waals surface area contributed by atoms with Gasteiger partial charge in [0, 0.05) is 19.1 Å². The molecule has 0 radical (unpaired) electrons. The van der Waals surface area contributed by atoms with Crippen LogP contribution in [0, 0.1) is 5.92 Å². The minimum Gasteiger partial charge on any atom is -0.313 e. The molecule has 1 aromatic rings. The summed E-state index contributed by atoms with van der Waals surface area (Å²) in [7, 11) is 2.30. The average Bonchev–Trinajstić information content (AvgIpc) is 2.50. The minimum absolute atomic E-state index is 0.776. The summed E-state index contributed by atoms with van der Waals surface area (Å²) in [6.07, 6.45) is 6.73. The Hall–Kier alpha value is -0.860. The molecule has 2 heteroatoms. The molecule has 1 aliphatic carbocycles. The van der Waals surface area contributed by atoms with Crippen molar-refractivity contribution in [2.75, 3.05) is 13.6 Å². The molecular weight excluding hydrogens is 256 g/mol. The number of benzene rings is 1. The molecular formula is C19H32N2. The van der Waals surface area contributed by atoms with Crippen LogP contribution in [0.2, 0.25) is 0 Å². The maximum Gasteiger partial charge on any atom is 0.0236 e. The van der Waals surface area contributed by atoms with E-state index < -0.39 is 0 Å². The van der Waals surface area contributed by atoms with Gasteiger partial charge in [-0.05, 0) is 62.7 Å². The van der Waals surface area contributed by atoms with Crippen LogP contribution in [-0.4, -0.2) is 24.5 Å². The molecule has 0 saturated heterocycles. The summed E-state index contributed by atoms with van der Waals surface area (Å²) in [5, 5.41) is 3.53. The SMILES string of the molecule is CCCNCc1ccccc1CN(C)C1CCC(C)CC1. The van der Waals surface area contributed by atoms with E-state index in [4.69, 9.17) is 0 Å². The van der Waals surface area contributed by atoms with Gasteiger partial charge in [-0.2, -0.15) is 0 Å². The minimum atomic E-state index is 0.776. The molecule has 118 valence electrons. The highest BCUT2D eigenvalue weighted by Gasteiger charge is 2.21. The zero-order valence-corrected chi connectivity index (χ0v) is 14.1. The Morgan fingerprint density at radius 1 is 1.10 bits per heavy atom. The number of nitrogens with zero attached hydrogens (tertiary/aromatic N) is 1. The van der Waals surface area contributed by atoms with Crippen LogP contribution >= 0.6 is 0 Å². The third-order valence-electron chi connectivity index (χ3n) is 4.89. The molecule has 0 aliphatic heterocycles.